The third-order valence-electron chi connectivity index (χ3n) is 2.45. The lowest BCUT2D eigenvalue weighted by molar-refractivity contribution is 0.0690. The van der Waals surface area contributed by atoms with E-state index in [-0.39, 0.29) is 11.3 Å². The van der Waals surface area contributed by atoms with Crippen LogP contribution in [0.4, 0.5) is 0 Å². The monoisotopic (exact) mass is 278 g/mol. The number of thiophene rings is 1. The van der Waals surface area contributed by atoms with E-state index in [1.165, 1.54) is 6.07 Å². The smallest absolute Gasteiger partial charge is 0.339 e. The van der Waals surface area contributed by atoms with Gasteiger partial charge in [0, 0.05) is 4.88 Å². The second-order valence-electron chi connectivity index (χ2n) is 3.74. The Morgan fingerprint density at radius 3 is 2.74 bits per heavy atom. The van der Waals surface area contributed by atoms with Gasteiger partial charge in [0.1, 0.15) is 12.2 Å². The molecule has 100 valence electrons. The van der Waals surface area contributed by atoms with Crippen LogP contribution in [0.5, 0.6) is 11.5 Å². The van der Waals surface area contributed by atoms with Gasteiger partial charge < -0.3 is 14.6 Å². The molecule has 2 aromatic rings. The average molecular weight is 278 g/mol. The first-order chi connectivity index (χ1) is 9.22. The molecule has 0 saturated carbocycles. The van der Waals surface area contributed by atoms with Crippen LogP contribution in [0.15, 0.2) is 35.7 Å². The molecular formula is C14H14O4S. The van der Waals surface area contributed by atoms with Gasteiger partial charge in [0.2, 0.25) is 0 Å². The minimum absolute atomic E-state index is 0.113. The molecule has 0 bridgehead atoms. The maximum absolute atomic E-state index is 11.2. The summed E-state index contributed by atoms with van der Waals surface area (Å²) in [5, 5.41) is 11.1. The number of carbonyl (C=O) groups is 1. The lowest BCUT2D eigenvalue weighted by Gasteiger charge is -2.13. The van der Waals surface area contributed by atoms with Gasteiger partial charge in [-0.15, -0.1) is 11.3 Å². The van der Waals surface area contributed by atoms with Crippen LogP contribution in [0, 0.1) is 0 Å². The number of aromatic carboxylic acids is 1. The second-order valence-corrected chi connectivity index (χ2v) is 4.77. The first-order valence-electron chi connectivity index (χ1n) is 5.86. The lowest BCUT2D eigenvalue weighted by Crippen LogP contribution is -2.05. The first-order valence-corrected chi connectivity index (χ1v) is 6.74. The van der Waals surface area contributed by atoms with E-state index in [4.69, 9.17) is 9.47 Å². The topological polar surface area (TPSA) is 55.8 Å². The van der Waals surface area contributed by atoms with Crippen molar-refractivity contribution in [1.82, 2.24) is 0 Å². The zero-order valence-electron chi connectivity index (χ0n) is 10.5. The van der Waals surface area contributed by atoms with E-state index < -0.39 is 5.97 Å². The number of carboxylic acid groups (broad SMARTS) is 1. The second kappa shape index (κ2) is 6.24. The van der Waals surface area contributed by atoms with Crippen LogP contribution in [-0.4, -0.2) is 17.7 Å². The Hall–Kier alpha value is -2.01. The van der Waals surface area contributed by atoms with E-state index in [1.807, 2.05) is 24.4 Å². The molecule has 0 spiro atoms. The molecule has 1 aromatic carbocycles. The van der Waals surface area contributed by atoms with Gasteiger partial charge >= 0.3 is 5.97 Å². The SMILES string of the molecule is CCOc1cccc(C(=O)O)c1OCc1cccs1. The van der Waals surface area contributed by atoms with Crippen molar-refractivity contribution in [2.45, 2.75) is 13.5 Å². The van der Waals surface area contributed by atoms with Crippen molar-refractivity contribution in [2.75, 3.05) is 6.61 Å². The van der Waals surface area contributed by atoms with Crippen molar-refractivity contribution >= 4 is 17.3 Å². The van der Waals surface area contributed by atoms with Crippen LogP contribution in [0.1, 0.15) is 22.2 Å². The number of carboxylic acids is 1. The summed E-state index contributed by atoms with van der Waals surface area (Å²) in [5.74, 6) is -0.285. The Bertz CT molecular complexity index is 549. The van der Waals surface area contributed by atoms with Gasteiger partial charge in [0.25, 0.3) is 0 Å². The Morgan fingerprint density at radius 1 is 1.26 bits per heavy atom. The molecule has 1 heterocycles. The van der Waals surface area contributed by atoms with E-state index >= 15 is 0 Å². The van der Waals surface area contributed by atoms with Crippen molar-refractivity contribution in [1.29, 1.82) is 0 Å². The number of para-hydroxylation sites is 1. The highest BCUT2D eigenvalue weighted by Gasteiger charge is 2.16. The van der Waals surface area contributed by atoms with Crippen LogP contribution in [-0.2, 0) is 6.61 Å². The molecule has 19 heavy (non-hydrogen) atoms. The van der Waals surface area contributed by atoms with Crippen molar-refractivity contribution in [3.05, 3.63) is 46.2 Å². The minimum atomic E-state index is -1.03. The van der Waals surface area contributed by atoms with Crippen LogP contribution < -0.4 is 9.47 Å². The molecule has 1 aromatic heterocycles. The number of hydrogen-bond donors (Lipinski definition) is 1. The Morgan fingerprint density at radius 2 is 2.11 bits per heavy atom. The van der Waals surface area contributed by atoms with E-state index in [0.717, 1.165) is 4.88 Å². The molecule has 2 rings (SSSR count). The molecule has 1 N–H and O–H groups in total. The van der Waals surface area contributed by atoms with Crippen molar-refractivity contribution in [3.63, 3.8) is 0 Å². The summed E-state index contributed by atoms with van der Waals surface area (Å²) in [6.07, 6.45) is 0. The Balaban J connectivity index is 2.26. The van der Waals surface area contributed by atoms with E-state index in [2.05, 4.69) is 0 Å². The molecule has 0 aliphatic rings. The number of benzene rings is 1. The van der Waals surface area contributed by atoms with Gasteiger partial charge in [-0.1, -0.05) is 12.1 Å². The molecule has 0 aliphatic carbocycles. The van der Waals surface area contributed by atoms with Crippen LogP contribution in [0.25, 0.3) is 0 Å². The third-order valence-corrected chi connectivity index (χ3v) is 3.30. The highest BCUT2D eigenvalue weighted by molar-refractivity contribution is 7.09. The quantitative estimate of drug-likeness (QED) is 0.879. The molecule has 0 saturated heterocycles. The predicted molar refractivity (Wildman–Crippen MR) is 73.2 cm³/mol. The van der Waals surface area contributed by atoms with Gasteiger partial charge in [-0.05, 0) is 30.5 Å². The minimum Gasteiger partial charge on any atom is -0.490 e. The largest absolute Gasteiger partial charge is 0.490 e. The normalized spacial score (nSPS) is 10.2. The molecule has 0 aliphatic heterocycles. The van der Waals surface area contributed by atoms with Gasteiger partial charge in [-0.2, -0.15) is 0 Å². The Kier molecular flexibility index (Phi) is 4.41. The predicted octanol–water partition coefficient (Wildman–Crippen LogP) is 3.42. The number of ether oxygens (including phenoxy) is 2. The molecule has 0 atom stereocenters. The zero-order valence-corrected chi connectivity index (χ0v) is 11.3. The summed E-state index contributed by atoms with van der Waals surface area (Å²) < 4.78 is 11.0. The van der Waals surface area contributed by atoms with E-state index in [1.54, 1.807) is 23.5 Å². The molecule has 0 radical (unpaired) electrons. The van der Waals surface area contributed by atoms with Crippen molar-refractivity contribution < 1.29 is 19.4 Å². The van der Waals surface area contributed by atoms with E-state index in [9.17, 15) is 9.90 Å². The van der Waals surface area contributed by atoms with E-state index in [0.29, 0.717) is 19.0 Å². The maximum Gasteiger partial charge on any atom is 0.339 e. The van der Waals surface area contributed by atoms with Crippen molar-refractivity contribution in [3.8, 4) is 11.5 Å². The lowest BCUT2D eigenvalue weighted by atomic mass is 10.2. The molecular weight excluding hydrogens is 264 g/mol. The van der Waals surface area contributed by atoms with Crippen LogP contribution in [0.3, 0.4) is 0 Å². The summed E-state index contributed by atoms with van der Waals surface area (Å²) in [6.45, 7) is 2.64. The third kappa shape index (κ3) is 3.26. The summed E-state index contributed by atoms with van der Waals surface area (Å²) in [6, 6.07) is 8.73. The van der Waals surface area contributed by atoms with Crippen LogP contribution in [0.2, 0.25) is 0 Å². The molecule has 0 amide bonds. The summed E-state index contributed by atoms with van der Waals surface area (Å²) in [7, 11) is 0. The fourth-order valence-electron chi connectivity index (χ4n) is 1.64. The maximum atomic E-state index is 11.2. The number of rotatable bonds is 6. The molecule has 0 unspecified atom stereocenters. The zero-order chi connectivity index (χ0) is 13.7. The highest BCUT2D eigenvalue weighted by atomic mass is 32.1. The van der Waals surface area contributed by atoms with Gasteiger partial charge in [0.15, 0.2) is 11.5 Å². The molecule has 0 fully saturated rings. The average Bonchev–Trinajstić information content (AvgIpc) is 2.90. The van der Waals surface area contributed by atoms with Gasteiger partial charge in [-0.3, -0.25) is 0 Å². The highest BCUT2D eigenvalue weighted by Crippen LogP contribution is 2.32. The fraction of sp³-hybridized carbons (Fsp3) is 0.214. The fourth-order valence-corrected chi connectivity index (χ4v) is 2.26. The summed E-state index contributed by atoms with van der Waals surface area (Å²) in [4.78, 5) is 12.2. The van der Waals surface area contributed by atoms with Gasteiger partial charge in [0.05, 0.1) is 6.61 Å². The molecule has 5 heteroatoms. The standard InChI is InChI=1S/C14H14O4S/c1-2-17-12-7-3-6-11(14(15)16)13(12)18-9-10-5-4-8-19-10/h3-8H,2,9H2,1H3,(H,15,16). The summed E-state index contributed by atoms with van der Waals surface area (Å²) in [5.41, 5.74) is 0.113. The first kappa shape index (κ1) is 13.4. The summed E-state index contributed by atoms with van der Waals surface area (Å²) >= 11 is 1.56. The Labute approximate surface area is 115 Å². The van der Waals surface area contributed by atoms with Gasteiger partial charge in [-0.25, -0.2) is 4.79 Å². The van der Waals surface area contributed by atoms with Crippen LogP contribution >= 0.6 is 11.3 Å². The van der Waals surface area contributed by atoms with Crippen molar-refractivity contribution in [2.24, 2.45) is 0 Å². The molecule has 4 nitrogen and oxygen atoms in total. The number of hydrogen-bond acceptors (Lipinski definition) is 4.